The molecule has 0 aromatic carbocycles. The van der Waals surface area contributed by atoms with Crippen LogP contribution >= 0.6 is 11.3 Å². The van der Waals surface area contributed by atoms with Crippen LogP contribution in [-0.2, 0) is 22.6 Å². The average Bonchev–Trinajstić information content (AvgIpc) is 2.62. The van der Waals surface area contributed by atoms with Crippen LogP contribution in [0.4, 0.5) is 0 Å². The highest BCUT2D eigenvalue weighted by Gasteiger charge is 2.32. The fourth-order valence-electron chi connectivity index (χ4n) is 1.70. The summed E-state index contributed by atoms with van der Waals surface area (Å²) in [5.74, 6) is -1.16. The Balaban J connectivity index is 2.26. The van der Waals surface area contributed by atoms with Crippen LogP contribution in [0.25, 0.3) is 0 Å². The molecule has 1 N–H and O–H groups in total. The molecular formula is C9H11NO3S. The van der Waals surface area contributed by atoms with Crippen molar-refractivity contribution in [2.24, 2.45) is 0 Å². The lowest BCUT2D eigenvalue weighted by atomic mass is 10.1. The van der Waals surface area contributed by atoms with Gasteiger partial charge in [0.25, 0.3) is 0 Å². The molecule has 0 aliphatic heterocycles. The van der Waals surface area contributed by atoms with Gasteiger partial charge in [-0.2, -0.15) is 0 Å². The monoisotopic (exact) mass is 213 g/mol. The van der Waals surface area contributed by atoms with Gasteiger partial charge in [0.15, 0.2) is 0 Å². The zero-order valence-electron chi connectivity index (χ0n) is 7.82. The van der Waals surface area contributed by atoms with Crippen molar-refractivity contribution in [2.75, 3.05) is 7.11 Å². The summed E-state index contributed by atoms with van der Waals surface area (Å²) in [7, 11) is 1.61. The van der Waals surface area contributed by atoms with E-state index in [9.17, 15) is 4.79 Å². The minimum Gasteiger partial charge on any atom is -0.481 e. The highest BCUT2D eigenvalue weighted by atomic mass is 32.1. The van der Waals surface area contributed by atoms with Crippen LogP contribution in [0.15, 0.2) is 0 Å². The number of carboxylic acid groups (broad SMARTS) is 1. The summed E-state index contributed by atoms with van der Waals surface area (Å²) in [6.07, 6.45) is 1.53. The second kappa shape index (κ2) is 3.67. The first-order valence-corrected chi connectivity index (χ1v) is 5.24. The molecule has 0 fully saturated rings. The van der Waals surface area contributed by atoms with Crippen LogP contribution in [0.1, 0.15) is 27.9 Å². The van der Waals surface area contributed by atoms with E-state index in [-0.39, 0.29) is 0 Å². The number of thiazole rings is 1. The number of carboxylic acids is 1. The van der Waals surface area contributed by atoms with Gasteiger partial charge >= 0.3 is 5.97 Å². The first-order chi connectivity index (χ1) is 6.72. The molecule has 1 aliphatic carbocycles. The molecule has 1 aromatic rings. The van der Waals surface area contributed by atoms with Gasteiger partial charge in [0.05, 0.1) is 12.3 Å². The number of aromatic nitrogens is 1. The number of aryl methyl sites for hydroxylation is 1. The van der Waals surface area contributed by atoms with E-state index >= 15 is 0 Å². The quantitative estimate of drug-likeness (QED) is 0.824. The molecule has 76 valence electrons. The molecule has 5 heteroatoms. The van der Waals surface area contributed by atoms with Crippen molar-refractivity contribution in [1.82, 2.24) is 4.98 Å². The van der Waals surface area contributed by atoms with Gasteiger partial charge in [0, 0.05) is 12.0 Å². The van der Waals surface area contributed by atoms with Gasteiger partial charge in [-0.15, -0.1) is 11.3 Å². The van der Waals surface area contributed by atoms with Crippen molar-refractivity contribution < 1.29 is 14.6 Å². The number of fused-ring (bicyclic) bond motifs is 1. The average molecular weight is 213 g/mol. The lowest BCUT2D eigenvalue weighted by molar-refractivity contribution is -0.138. The Labute approximate surface area is 85.5 Å². The Hall–Kier alpha value is -0.940. The highest BCUT2D eigenvalue weighted by Crippen LogP contribution is 2.36. The van der Waals surface area contributed by atoms with E-state index in [1.807, 2.05) is 0 Å². The van der Waals surface area contributed by atoms with Gasteiger partial charge in [-0.1, -0.05) is 0 Å². The van der Waals surface area contributed by atoms with Crippen molar-refractivity contribution in [1.29, 1.82) is 0 Å². The molecule has 1 aliphatic rings. The van der Waals surface area contributed by atoms with Crippen molar-refractivity contribution in [3.8, 4) is 0 Å². The van der Waals surface area contributed by atoms with E-state index in [1.54, 1.807) is 18.4 Å². The van der Waals surface area contributed by atoms with E-state index in [0.29, 0.717) is 13.0 Å². The Morgan fingerprint density at radius 2 is 2.57 bits per heavy atom. The number of methoxy groups -OCH3 is 1. The first-order valence-electron chi connectivity index (χ1n) is 4.42. The van der Waals surface area contributed by atoms with Gasteiger partial charge in [-0.05, 0) is 12.8 Å². The van der Waals surface area contributed by atoms with E-state index in [1.165, 1.54) is 0 Å². The lowest BCUT2D eigenvalue weighted by Crippen LogP contribution is -2.08. The van der Waals surface area contributed by atoms with E-state index in [0.717, 1.165) is 22.0 Å². The van der Waals surface area contributed by atoms with Crippen LogP contribution in [0, 0.1) is 0 Å². The normalized spacial score (nSPS) is 19.6. The van der Waals surface area contributed by atoms with Crippen LogP contribution in [0.5, 0.6) is 0 Å². The Bertz CT molecular complexity index is 361. The third-order valence-electron chi connectivity index (χ3n) is 2.33. The summed E-state index contributed by atoms with van der Waals surface area (Å²) in [5.41, 5.74) is 0.759. The summed E-state index contributed by atoms with van der Waals surface area (Å²) in [4.78, 5) is 16.3. The number of hydrogen-bond acceptors (Lipinski definition) is 4. The number of ether oxygens (including phenoxy) is 1. The molecule has 1 unspecified atom stereocenters. The second-order valence-electron chi connectivity index (χ2n) is 3.28. The minimum atomic E-state index is -0.766. The van der Waals surface area contributed by atoms with Gasteiger partial charge in [0.1, 0.15) is 10.9 Å². The zero-order chi connectivity index (χ0) is 10.1. The van der Waals surface area contributed by atoms with E-state index < -0.39 is 11.9 Å². The predicted molar refractivity (Wildman–Crippen MR) is 51.5 cm³/mol. The highest BCUT2D eigenvalue weighted by molar-refractivity contribution is 7.11. The molecule has 0 bridgehead atoms. The summed E-state index contributed by atoms with van der Waals surface area (Å²) in [6.45, 7) is 0.476. The first kappa shape index (κ1) is 9.61. The topological polar surface area (TPSA) is 59.4 Å². The molecule has 4 nitrogen and oxygen atoms in total. The Morgan fingerprint density at radius 3 is 3.21 bits per heavy atom. The smallest absolute Gasteiger partial charge is 0.312 e. The van der Waals surface area contributed by atoms with E-state index in [2.05, 4.69) is 4.98 Å². The van der Waals surface area contributed by atoms with Crippen molar-refractivity contribution in [3.63, 3.8) is 0 Å². The second-order valence-corrected chi connectivity index (χ2v) is 4.45. The maximum Gasteiger partial charge on any atom is 0.312 e. The molecule has 0 saturated heterocycles. The molecule has 0 spiro atoms. The van der Waals surface area contributed by atoms with Crippen LogP contribution < -0.4 is 0 Å². The summed E-state index contributed by atoms with van der Waals surface area (Å²) in [5, 5.41) is 9.81. The molecular weight excluding hydrogens is 202 g/mol. The third kappa shape index (κ3) is 1.53. The van der Waals surface area contributed by atoms with Crippen LogP contribution in [-0.4, -0.2) is 23.2 Å². The number of carbonyl (C=O) groups is 1. The van der Waals surface area contributed by atoms with Crippen LogP contribution in [0.2, 0.25) is 0 Å². The fraction of sp³-hybridized carbons (Fsp3) is 0.556. The number of hydrogen-bond donors (Lipinski definition) is 1. The van der Waals surface area contributed by atoms with Gasteiger partial charge in [-0.3, -0.25) is 4.79 Å². The maximum absolute atomic E-state index is 10.9. The summed E-state index contributed by atoms with van der Waals surface area (Å²) < 4.78 is 4.96. The zero-order valence-corrected chi connectivity index (χ0v) is 8.63. The van der Waals surface area contributed by atoms with Crippen molar-refractivity contribution in [2.45, 2.75) is 25.4 Å². The Kier molecular flexibility index (Phi) is 2.52. The number of nitrogens with zero attached hydrogens (tertiary/aromatic N) is 1. The van der Waals surface area contributed by atoms with Gasteiger partial charge in [0.2, 0.25) is 0 Å². The molecule has 0 amide bonds. The molecule has 0 radical (unpaired) electrons. The summed E-state index contributed by atoms with van der Waals surface area (Å²) in [6, 6.07) is 0. The molecule has 14 heavy (non-hydrogen) atoms. The largest absolute Gasteiger partial charge is 0.481 e. The molecule has 1 aromatic heterocycles. The third-order valence-corrected chi connectivity index (χ3v) is 3.43. The fourth-order valence-corrected chi connectivity index (χ4v) is 2.82. The van der Waals surface area contributed by atoms with E-state index in [4.69, 9.17) is 9.84 Å². The standard InChI is InChI=1S/C9H11NO3S/c1-13-4-7-10-8-5(9(11)12)2-3-6(8)14-7/h5H,2-4H2,1H3,(H,11,12). The van der Waals surface area contributed by atoms with Gasteiger partial charge < -0.3 is 9.84 Å². The van der Waals surface area contributed by atoms with Crippen molar-refractivity contribution >= 4 is 17.3 Å². The summed E-state index contributed by atoms with van der Waals surface area (Å²) >= 11 is 1.57. The van der Waals surface area contributed by atoms with Crippen molar-refractivity contribution in [3.05, 3.63) is 15.6 Å². The minimum absolute atomic E-state index is 0.396. The number of rotatable bonds is 3. The predicted octanol–water partition coefficient (Wildman–Crippen LogP) is 1.40. The molecule has 1 heterocycles. The van der Waals surface area contributed by atoms with Gasteiger partial charge in [-0.25, -0.2) is 4.98 Å². The van der Waals surface area contributed by atoms with Crippen LogP contribution in [0.3, 0.4) is 0 Å². The molecule has 0 saturated carbocycles. The molecule has 1 atom stereocenters. The maximum atomic E-state index is 10.9. The molecule has 2 rings (SSSR count). The number of aliphatic carboxylic acids is 1. The lowest BCUT2D eigenvalue weighted by Gasteiger charge is -2.00. The SMILES string of the molecule is COCc1nc2c(s1)CCC2C(=O)O. The Morgan fingerprint density at radius 1 is 1.79 bits per heavy atom.